The van der Waals surface area contributed by atoms with Crippen LogP contribution in [0, 0.1) is 0 Å². The minimum atomic E-state index is 0. The van der Waals surface area contributed by atoms with Crippen molar-refractivity contribution in [3.05, 3.63) is 0 Å². The third kappa shape index (κ3) is 193. The summed E-state index contributed by atoms with van der Waals surface area (Å²) >= 11 is 0. The largest absolute Gasteiger partial charge is 6.00 e. The van der Waals surface area contributed by atoms with E-state index in [2.05, 4.69) is 0 Å². The second-order valence-electron chi connectivity index (χ2n) is 0. The predicted octanol–water partition coefficient (Wildman–Crippen LogP) is -1.10. The SMILES string of the molecule is [Ni+2].[O-2].[O-2].[O-2].[O-2].[O-2].[O-2].[Sn+4].[W+6]. The molecule has 0 bridgehead atoms. The Labute approximate surface area is 93.8 Å². The van der Waals surface area contributed by atoms with E-state index in [-0.39, 0.29) is 94.3 Å². The molecule has 0 aromatic carbocycles. The van der Waals surface area contributed by atoms with Crippen LogP contribution >= 0.6 is 0 Å². The van der Waals surface area contributed by atoms with Gasteiger partial charge in [-0.25, -0.2) is 0 Å². The Balaban J connectivity index is 0. The first-order valence-corrected chi connectivity index (χ1v) is 0. The molecule has 0 aliphatic heterocycles. The van der Waals surface area contributed by atoms with Crippen LogP contribution in [-0.4, -0.2) is 23.9 Å². The van der Waals surface area contributed by atoms with E-state index in [0.717, 1.165) is 0 Å². The maximum atomic E-state index is 0. The van der Waals surface area contributed by atoms with Crippen molar-refractivity contribution in [3.8, 4) is 0 Å². The molecule has 9 heavy (non-hydrogen) atoms. The monoisotopic (exact) mass is 458 g/mol. The number of hydrogen-bond acceptors (Lipinski definition) is 0. The molecule has 0 spiro atoms. The van der Waals surface area contributed by atoms with Gasteiger partial charge < -0.3 is 32.9 Å². The smallest absolute Gasteiger partial charge is 2.00 e. The molecule has 0 aliphatic rings. The molecule has 0 fully saturated rings. The Kier molecular flexibility index (Phi) is 9180. The zero-order valence-corrected chi connectivity index (χ0v) is 10.4. The van der Waals surface area contributed by atoms with Crippen molar-refractivity contribution in [2.75, 3.05) is 0 Å². The van der Waals surface area contributed by atoms with E-state index in [9.17, 15) is 0 Å². The molecule has 0 aliphatic carbocycles. The van der Waals surface area contributed by atoms with Crippen LogP contribution in [0.3, 0.4) is 0 Å². The quantitative estimate of drug-likeness (QED) is 0.403. The predicted molar refractivity (Wildman–Crippen MR) is 9.87 cm³/mol. The molecular weight excluding hydrogens is 457 g/mol. The average Bonchev–Trinajstić information content (AvgIpc) is 0. The molecule has 0 aromatic heterocycles. The first-order chi connectivity index (χ1) is 0. The van der Waals surface area contributed by atoms with Gasteiger partial charge in [-0.2, -0.15) is 0 Å². The molecule has 0 N–H and O–H groups in total. The number of hydrogen-bond donors (Lipinski definition) is 0. The van der Waals surface area contributed by atoms with Gasteiger partial charge in [-0.05, 0) is 0 Å². The molecule has 0 amide bonds. The normalized spacial score (nSPS) is 0. The first-order valence-electron chi connectivity index (χ1n) is 0. The summed E-state index contributed by atoms with van der Waals surface area (Å²) in [5, 5.41) is 0. The van der Waals surface area contributed by atoms with Gasteiger partial charge in [0.05, 0.1) is 0 Å². The van der Waals surface area contributed by atoms with Crippen LogP contribution in [0.4, 0.5) is 0 Å². The van der Waals surface area contributed by atoms with E-state index in [4.69, 9.17) is 0 Å². The first kappa shape index (κ1) is 336. The van der Waals surface area contributed by atoms with Gasteiger partial charge in [0.1, 0.15) is 0 Å². The van der Waals surface area contributed by atoms with E-state index in [0.29, 0.717) is 0 Å². The molecule has 0 unspecified atom stereocenters. The van der Waals surface area contributed by atoms with Crippen molar-refractivity contribution in [1.82, 2.24) is 0 Å². The zero-order valence-electron chi connectivity index (χ0n) is 3.67. The van der Waals surface area contributed by atoms with Gasteiger partial charge in [0.2, 0.25) is 0 Å². The van der Waals surface area contributed by atoms with E-state index < -0.39 is 0 Å². The molecule has 56 valence electrons. The molecule has 0 radical (unpaired) electrons. The number of rotatable bonds is 0. The molecule has 6 nitrogen and oxygen atoms in total. The Morgan fingerprint density at radius 2 is 0.444 bits per heavy atom. The van der Waals surface area contributed by atoms with E-state index >= 15 is 0 Å². The Bertz CT molecular complexity index is 13.0. The fourth-order valence-electron chi connectivity index (χ4n) is 0. The summed E-state index contributed by atoms with van der Waals surface area (Å²) in [6.45, 7) is 0. The van der Waals surface area contributed by atoms with Crippen LogP contribution in [0.25, 0.3) is 0 Å². The summed E-state index contributed by atoms with van der Waals surface area (Å²) in [5.74, 6) is 0. The van der Waals surface area contributed by atoms with Gasteiger partial charge in [0, 0.05) is 0 Å². The summed E-state index contributed by atoms with van der Waals surface area (Å²) in [7, 11) is 0. The average molecular weight is 457 g/mol. The van der Waals surface area contributed by atoms with Gasteiger partial charge in [-0.15, -0.1) is 0 Å². The summed E-state index contributed by atoms with van der Waals surface area (Å²) in [4.78, 5) is 0. The summed E-state index contributed by atoms with van der Waals surface area (Å²) < 4.78 is 0. The van der Waals surface area contributed by atoms with Crippen LogP contribution in [0.2, 0.25) is 0 Å². The van der Waals surface area contributed by atoms with Crippen LogP contribution < -0.4 is 0 Å². The third-order valence-corrected chi connectivity index (χ3v) is 0. The van der Waals surface area contributed by atoms with Crippen LogP contribution in [0.1, 0.15) is 0 Å². The van der Waals surface area contributed by atoms with E-state index in [1.807, 2.05) is 0 Å². The van der Waals surface area contributed by atoms with Crippen LogP contribution in [0.15, 0.2) is 0 Å². The molecule has 0 heterocycles. The second-order valence-corrected chi connectivity index (χ2v) is 0. The molecule has 0 saturated carbocycles. The summed E-state index contributed by atoms with van der Waals surface area (Å²) in [6, 6.07) is 0. The fourth-order valence-corrected chi connectivity index (χ4v) is 0. The van der Waals surface area contributed by atoms with E-state index in [1.54, 1.807) is 0 Å². The van der Waals surface area contributed by atoms with Crippen molar-refractivity contribution in [2.24, 2.45) is 0 Å². The molecule has 0 rings (SSSR count). The van der Waals surface area contributed by atoms with Gasteiger partial charge >= 0.3 is 61.5 Å². The van der Waals surface area contributed by atoms with Crippen molar-refractivity contribution in [1.29, 1.82) is 0 Å². The minimum Gasteiger partial charge on any atom is -2.00 e. The topological polar surface area (TPSA) is 171 Å². The van der Waals surface area contributed by atoms with Gasteiger partial charge in [0.25, 0.3) is 0 Å². The van der Waals surface area contributed by atoms with Crippen molar-refractivity contribution >= 4 is 23.9 Å². The van der Waals surface area contributed by atoms with Crippen molar-refractivity contribution in [3.63, 3.8) is 0 Å². The van der Waals surface area contributed by atoms with Crippen molar-refractivity contribution < 1.29 is 70.4 Å². The second kappa shape index (κ2) is 246. The Morgan fingerprint density at radius 1 is 0.444 bits per heavy atom. The maximum Gasteiger partial charge on any atom is 6.00 e. The maximum absolute atomic E-state index is 0. The van der Waals surface area contributed by atoms with Gasteiger partial charge in [-0.3, -0.25) is 0 Å². The fraction of sp³-hybridized carbons (Fsp3) is 0. The minimum absolute atomic E-state index is 0. The molecule has 9 heteroatoms. The van der Waals surface area contributed by atoms with E-state index in [1.165, 1.54) is 0 Å². The van der Waals surface area contributed by atoms with Crippen LogP contribution in [-0.2, 0) is 70.4 Å². The Hall–Kier alpha value is 1.74. The molecule has 0 saturated heterocycles. The van der Waals surface area contributed by atoms with Crippen molar-refractivity contribution in [2.45, 2.75) is 0 Å². The van der Waals surface area contributed by atoms with Gasteiger partial charge in [-0.1, -0.05) is 0 Å². The molecular formula is NiO6SnW. The molecule has 0 aromatic rings. The summed E-state index contributed by atoms with van der Waals surface area (Å²) in [5.41, 5.74) is 0. The van der Waals surface area contributed by atoms with Crippen LogP contribution in [0.5, 0.6) is 0 Å². The third-order valence-electron chi connectivity index (χ3n) is 0. The molecule has 0 atom stereocenters. The Morgan fingerprint density at radius 3 is 0.444 bits per heavy atom. The standard InChI is InChI=1S/Ni.6O.Sn.W/q+2;6*-2;+4;+6. The zero-order chi connectivity index (χ0) is 0. The summed E-state index contributed by atoms with van der Waals surface area (Å²) in [6.07, 6.45) is 0. The van der Waals surface area contributed by atoms with Gasteiger partial charge in [0.15, 0.2) is 0 Å².